The summed E-state index contributed by atoms with van der Waals surface area (Å²) in [6.07, 6.45) is 0.300. The number of fused-ring (bicyclic) bond motifs is 1. The van der Waals surface area contributed by atoms with Crippen LogP contribution in [0.5, 0.6) is 0 Å². The van der Waals surface area contributed by atoms with E-state index in [-0.39, 0.29) is 5.91 Å². The van der Waals surface area contributed by atoms with Gasteiger partial charge in [0.15, 0.2) is 0 Å². The van der Waals surface area contributed by atoms with Gasteiger partial charge in [0, 0.05) is 16.6 Å². The highest BCUT2D eigenvalue weighted by molar-refractivity contribution is 5.89. The van der Waals surface area contributed by atoms with Gasteiger partial charge in [0.1, 0.15) is 0 Å². The number of amides is 1. The highest BCUT2D eigenvalue weighted by Gasteiger charge is 2.10. The monoisotopic (exact) mass is 202 g/mol. The summed E-state index contributed by atoms with van der Waals surface area (Å²) < 4.78 is 0. The predicted octanol–water partition coefficient (Wildman–Crippen LogP) is 1.81. The molecule has 1 heterocycles. The highest BCUT2D eigenvalue weighted by Crippen LogP contribution is 2.23. The number of H-pyrrole nitrogens is 1. The largest absolute Gasteiger partial charge is 0.369 e. The van der Waals surface area contributed by atoms with Gasteiger partial charge in [-0.25, -0.2) is 0 Å². The minimum atomic E-state index is -0.292. The first-order chi connectivity index (χ1) is 7.08. The quantitative estimate of drug-likeness (QED) is 0.766. The summed E-state index contributed by atoms with van der Waals surface area (Å²) in [6.45, 7) is 4.01. The number of hydrogen-bond acceptors (Lipinski definition) is 1. The highest BCUT2D eigenvalue weighted by atomic mass is 16.1. The summed E-state index contributed by atoms with van der Waals surface area (Å²) in [5.74, 6) is -0.292. The van der Waals surface area contributed by atoms with Crippen molar-refractivity contribution >= 4 is 16.8 Å². The normalized spacial score (nSPS) is 10.8. The molecule has 0 atom stereocenters. The summed E-state index contributed by atoms with van der Waals surface area (Å²) in [4.78, 5) is 14.2. The Kier molecular flexibility index (Phi) is 2.23. The maximum absolute atomic E-state index is 10.9. The van der Waals surface area contributed by atoms with Crippen LogP contribution in [0.2, 0.25) is 0 Å². The van der Waals surface area contributed by atoms with Crippen molar-refractivity contribution in [3.8, 4) is 0 Å². The predicted molar refractivity (Wildman–Crippen MR) is 60.7 cm³/mol. The molecule has 0 spiro atoms. The van der Waals surface area contributed by atoms with Crippen LogP contribution >= 0.6 is 0 Å². The van der Waals surface area contributed by atoms with Gasteiger partial charge in [-0.3, -0.25) is 4.79 Å². The Bertz CT molecular complexity index is 526. The van der Waals surface area contributed by atoms with E-state index in [0.29, 0.717) is 6.42 Å². The number of primary amides is 1. The van der Waals surface area contributed by atoms with Gasteiger partial charge in [-0.2, -0.15) is 0 Å². The van der Waals surface area contributed by atoms with Crippen LogP contribution < -0.4 is 5.73 Å². The van der Waals surface area contributed by atoms with Gasteiger partial charge in [0.25, 0.3) is 0 Å². The van der Waals surface area contributed by atoms with Gasteiger partial charge in [0.05, 0.1) is 6.42 Å². The van der Waals surface area contributed by atoms with Gasteiger partial charge in [-0.15, -0.1) is 0 Å². The number of nitrogens with two attached hydrogens (primary N) is 1. The Hall–Kier alpha value is -1.77. The molecule has 0 fully saturated rings. The maximum Gasteiger partial charge on any atom is 0.221 e. The molecule has 15 heavy (non-hydrogen) atoms. The molecule has 0 radical (unpaired) electrons. The molecule has 2 aromatic rings. The molecule has 0 aliphatic carbocycles. The number of carbonyl (C=O) groups excluding carboxylic acids is 1. The first-order valence-electron chi connectivity index (χ1n) is 4.94. The lowest BCUT2D eigenvalue weighted by Crippen LogP contribution is -2.13. The van der Waals surface area contributed by atoms with Gasteiger partial charge in [-0.1, -0.05) is 12.1 Å². The third-order valence-electron chi connectivity index (χ3n) is 2.63. The van der Waals surface area contributed by atoms with E-state index in [1.54, 1.807) is 0 Å². The number of aryl methyl sites for hydroxylation is 2. The second-order valence-corrected chi connectivity index (χ2v) is 3.92. The second-order valence-electron chi connectivity index (χ2n) is 3.92. The van der Waals surface area contributed by atoms with Crippen LogP contribution in [-0.2, 0) is 11.2 Å². The van der Waals surface area contributed by atoms with Crippen molar-refractivity contribution in [2.75, 3.05) is 0 Å². The zero-order valence-corrected chi connectivity index (χ0v) is 8.92. The SMILES string of the molecule is Cc1ccc2c(CC(N)=O)c(C)[nH]c2c1. The van der Waals surface area contributed by atoms with E-state index in [1.165, 1.54) is 5.56 Å². The Balaban J connectivity index is 2.63. The van der Waals surface area contributed by atoms with Crippen LogP contribution in [0, 0.1) is 13.8 Å². The van der Waals surface area contributed by atoms with Crippen molar-refractivity contribution in [3.05, 3.63) is 35.0 Å². The van der Waals surface area contributed by atoms with Gasteiger partial charge >= 0.3 is 0 Å². The van der Waals surface area contributed by atoms with Crippen LogP contribution in [0.3, 0.4) is 0 Å². The Morgan fingerprint density at radius 1 is 1.40 bits per heavy atom. The number of aromatic nitrogens is 1. The molecule has 1 aromatic carbocycles. The zero-order valence-electron chi connectivity index (χ0n) is 8.92. The van der Waals surface area contributed by atoms with Crippen LogP contribution in [0.1, 0.15) is 16.8 Å². The molecule has 0 saturated carbocycles. The molecular weight excluding hydrogens is 188 g/mol. The van der Waals surface area contributed by atoms with Crippen molar-refractivity contribution in [1.29, 1.82) is 0 Å². The molecule has 3 heteroatoms. The van der Waals surface area contributed by atoms with Crippen molar-refractivity contribution in [2.45, 2.75) is 20.3 Å². The average molecular weight is 202 g/mol. The lowest BCUT2D eigenvalue weighted by atomic mass is 10.1. The van der Waals surface area contributed by atoms with Crippen molar-refractivity contribution < 1.29 is 4.79 Å². The van der Waals surface area contributed by atoms with Crippen LogP contribution in [0.4, 0.5) is 0 Å². The number of nitrogens with one attached hydrogen (secondary N) is 1. The lowest BCUT2D eigenvalue weighted by molar-refractivity contribution is -0.117. The van der Waals surface area contributed by atoms with E-state index < -0.39 is 0 Å². The molecule has 0 unspecified atom stereocenters. The first-order valence-corrected chi connectivity index (χ1v) is 4.94. The fraction of sp³-hybridized carbons (Fsp3) is 0.250. The zero-order chi connectivity index (χ0) is 11.0. The Labute approximate surface area is 88.3 Å². The first kappa shape index (κ1) is 9.77. The van der Waals surface area contributed by atoms with Gasteiger partial charge in [0.2, 0.25) is 5.91 Å². The van der Waals surface area contributed by atoms with Crippen molar-refractivity contribution in [1.82, 2.24) is 4.98 Å². The van der Waals surface area contributed by atoms with Crippen LogP contribution in [-0.4, -0.2) is 10.9 Å². The molecule has 0 aliphatic rings. The smallest absolute Gasteiger partial charge is 0.221 e. The number of rotatable bonds is 2. The Morgan fingerprint density at radius 3 is 2.80 bits per heavy atom. The molecule has 3 nitrogen and oxygen atoms in total. The van der Waals surface area contributed by atoms with E-state index in [2.05, 4.69) is 11.1 Å². The van der Waals surface area contributed by atoms with Gasteiger partial charge < -0.3 is 10.7 Å². The van der Waals surface area contributed by atoms with Crippen LogP contribution in [0.25, 0.3) is 10.9 Å². The minimum Gasteiger partial charge on any atom is -0.369 e. The molecule has 0 aliphatic heterocycles. The van der Waals surface area contributed by atoms with Crippen molar-refractivity contribution in [3.63, 3.8) is 0 Å². The lowest BCUT2D eigenvalue weighted by Gasteiger charge is -1.97. The maximum atomic E-state index is 10.9. The number of hydrogen-bond donors (Lipinski definition) is 2. The standard InChI is InChI=1S/C12H14N2O/c1-7-3-4-9-10(6-12(13)15)8(2)14-11(9)5-7/h3-5,14H,6H2,1-2H3,(H2,13,15). The van der Waals surface area contributed by atoms with E-state index in [4.69, 9.17) is 5.73 Å². The van der Waals surface area contributed by atoms with Crippen molar-refractivity contribution in [2.24, 2.45) is 5.73 Å². The fourth-order valence-electron chi connectivity index (χ4n) is 1.91. The second kappa shape index (κ2) is 3.42. The topological polar surface area (TPSA) is 58.9 Å². The molecule has 1 amide bonds. The minimum absolute atomic E-state index is 0.292. The van der Waals surface area contributed by atoms with Gasteiger partial charge in [-0.05, 0) is 31.0 Å². The van der Waals surface area contributed by atoms with E-state index in [9.17, 15) is 4.79 Å². The molecule has 78 valence electrons. The molecular formula is C12H14N2O. The third-order valence-corrected chi connectivity index (χ3v) is 2.63. The summed E-state index contributed by atoms with van der Waals surface area (Å²) >= 11 is 0. The van der Waals surface area contributed by atoms with E-state index in [1.807, 2.05) is 26.0 Å². The summed E-state index contributed by atoms with van der Waals surface area (Å²) in [5.41, 5.74) is 9.53. The van der Waals surface area contributed by atoms with E-state index >= 15 is 0 Å². The fourth-order valence-corrected chi connectivity index (χ4v) is 1.91. The number of carbonyl (C=O) groups is 1. The number of aromatic amines is 1. The molecule has 0 bridgehead atoms. The molecule has 1 aromatic heterocycles. The summed E-state index contributed by atoms with van der Waals surface area (Å²) in [5, 5.41) is 1.09. The molecule has 2 rings (SSSR count). The van der Waals surface area contributed by atoms with Crippen LogP contribution in [0.15, 0.2) is 18.2 Å². The summed E-state index contributed by atoms with van der Waals surface area (Å²) in [7, 11) is 0. The number of benzene rings is 1. The average Bonchev–Trinajstić information content (AvgIpc) is 2.41. The molecule has 0 saturated heterocycles. The van der Waals surface area contributed by atoms with E-state index in [0.717, 1.165) is 22.2 Å². The summed E-state index contributed by atoms with van der Waals surface area (Å²) in [6, 6.07) is 6.15. The third kappa shape index (κ3) is 1.73. The molecule has 3 N–H and O–H groups in total. The Morgan fingerprint density at radius 2 is 2.13 bits per heavy atom.